The molecular weight excluding hydrogens is 326 g/mol. The van der Waals surface area contributed by atoms with Gasteiger partial charge in [-0.25, -0.2) is 4.39 Å². The van der Waals surface area contributed by atoms with Gasteiger partial charge in [-0.2, -0.15) is 0 Å². The van der Waals surface area contributed by atoms with Crippen molar-refractivity contribution in [3.63, 3.8) is 0 Å². The third-order valence-corrected chi connectivity index (χ3v) is 3.19. The Morgan fingerprint density at radius 2 is 1.58 bits per heavy atom. The third-order valence-electron chi connectivity index (χ3n) is 3.19. The smallest absolute Gasteiger partial charge is 0.406 e. The van der Waals surface area contributed by atoms with Gasteiger partial charge in [-0.15, -0.1) is 13.2 Å². The molecule has 1 aliphatic rings. The number of alkyl halides is 3. The van der Waals surface area contributed by atoms with Crippen molar-refractivity contribution in [1.82, 2.24) is 0 Å². The van der Waals surface area contributed by atoms with Crippen LogP contribution in [0.2, 0.25) is 0 Å². The minimum absolute atomic E-state index is 0.00510. The lowest BCUT2D eigenvalue weighted by atomic mass is 10.3. The first kappa shape index (κ1) is 17.8. The van der Waals surface area contributed by atoms with E-state index in [1.807, 2.05) is 0 Å². The van der Waals surface area contributed by atoms with Crippen LogP contribution in [0.1, 0.15) is 12.8 Å². The van der Waals surface area contributed by atoms with Crippen molar-refractivity contribution in [1.29, 1.82) is 0 Å². The topological polar surface area (TPSA) is 29.5 Å². The van der Waals surface area contributed by atoms with Gasteiger partial charge in [0.1, 0.15) is 11.6 Å². The molecule has 24 heavy (non-hydrogen) atoms. The van der Waals surface area contributed by atoms with Gasteiger partial charge in [0.25, 0.3) is 0 Å². The van der Waals surface area contributed by atoms with Gasteiger partial charge < -0.3 is 9.64 Å². The Balaban J connectivity index is 0.000000249. The fraction of sp³-hybridized carbons (Fsp3) is 0.235. The Morgan fingerprint density at radius 3 is 2.00 bits per heavy atom. The first-order valence-electron chi connectivity index (χ1n) is 7.22. The number of carbonyl (C=O) groups is 1. The predicted octanol–water partition coefficient (Wildman–Crippen LogP) is 4.54. The Kier molecular flexibility index (Phi) is 5.78. The quantitative estimate of drug-likeness (QED) is 0.751. The SMILES string of the molecule is Fc1ccccc1.O=C1CCCN1c1ccc(OC(F)(F)F)cc1. The third kappa shape index (κ3) is 5.57. The van der Waals surface area contributed by atoms with Crippen molar-refractivity contribution < 1.29 is 27.1 Å². The summed E-state index contributed by atoms with van der Waals surface area (Å²) in [7, 11) is 0. The first-order chi connectivity index (χ1) is 11.3. The summed E-state index contributed by atoms with van der Waals surface area (Å²) < 4.78 is 51.4. The summed E-state index contributed by atoms with van der Waals surface area (Å²) in [6.45, 7) is 0.609. The van der Waals surface area contributed by atoms with E-state index in [-0.39, 0.29) is 17.5 Å². The van der Waals surface area contributed by atoms with E-state index in [0.29, 0.717) is 18.7 Å². The molecule has 3 nitrogen and oxygen atoms in total. The highest BCUT2D eigenvalue weighted by molar-refractivity contribution is 5.95. The summed E-state index contributed by atoms with van der Waals surface area (Å²) in [6.07, 6.45) is -3.43. The molecule has 0 aliphatic carbocycles. The first-order valence-corrected chi connectivity index (χ1v) is 7.22. The molecule has 1 aliphatic heterocycles. The van der Waals surface area contributed by atoms with Gasteiger partial charge in [-0.05, 0) is 42.8 Å². The number of halogens is 4. The van der Waals surface area contributed by atoms with Crippen LogP contribution in [0.3, 0.4) is 0 Å². The zero-order valence-electron chi connectivity index (χ0n) is 12.6. The van der Waals surface area contributed by atoms with Gasteiger partial charge >= 0.3 is 6.36 Å². The molecule has 0 unspecified atom stereocenters. The molecule has 1 heterocycles. The highest BCUT2D eigenvalue weighted by Gasteiger charge is 2.31. The Labute approximate surface area is 136 Å². The average molecular weight is 341 g/mol. The summed E-state index contributed by atoms with van der Waals surface area (Å²) in [5.41, 5.74) is 0.599. The minimum atomic E-state index is -4.69. The van der Waals surface area contributed by atoms with Gasteiger partial charge in [-0.3, -0.25) is 4.79 Å². The van der Waals surface area contributed by atoms with Crippen LogP contribution in [0.15, 0.2) is 54.6 Å². The highest BCUT2D eigenvalue weighted by atomic mass is 19.4. The van der Waals surface area contributed by atoms with E-state index in [9.17, 15) is 22.4 Å². The minimum Gasteiger partial charge on any atom is -0.406 e. The molecule has 2 aromatic carbocycles. The van der Waals surface area contributed by atoms with E-state index in [1.54, 1.807) is 23.1 Å². The fourth-order valence-corrected chi connectivity index (χ4v) is 2.16. The van der Waals surface area contributed by atoms with Crippen molar-refractivity contribution in [3.8, 4) is 5.75 Å². The lowest BCUT2D eigenvalue weighted by Gasteiger charge is -2.16. The molecule has 1 saturated heterocycles. The second-order valence-electron chi connectivity index (χ2n) is 4.99. The average Bonchev–Trinajstić information content (AvgIpc) is 2.94. The second kappa shape index (κ2) is 7.81. The van der Waals surface area contributed by atoms with Gasteiger partial charge in [-0.1, -0.05) is 18.2 Å². The molecule has 0 radical (unpaired) electrons. The molecule has 7 heteroatoms. The number of hydrogen-bond acceptors (Lipinski definition) is 2. The fourth-order valence-electron chi connectivity index (χ4n) is 2.16. The Hall–Kier alpha value is -2.57. The number of carbonyl (C=O) groups excluding carboxylic acids is 1. The van der Waals surface area contributed by atoms with E-state index in [0.717, 1.165) is 6.42 Å². The molecule has 128 valence electrons. The molecule has 0 aromatic heterocycles. The van der Waals surface area contributed by atoms with Crippen LogP contribution in [0, 0.1) is 5.82 Å². The molecule has 3 rings (SSSR count). The molecule has 0 N–H and O–H groups in total. The predicted molar refractivity (Wildman–Crippen MR) is 81.1 cm³/mol. The molecule has 0 bridgehead atoms. The van der Waals surface area contributed by atoms with Crippen LogP contribution < -0.4 is 9.64 Å². The summed E-state index contributed by atoms with van der Waals surface area (Å²) in [5, 5.41) is 0. The summed E-state index contributed by atoms with van der Waals surface area (Å²) in [5.74, 6) is -0.468. The Bertz CT molecular complexity index is 657. The van der Waals surface area contributed by atoms with Crippen molar-refractivity contribution in [2.75, 3.05) is 11.4 Å². The summed E-state index contributed by atoms with van der Waals surface area (Å²) >= 11 is 0. The molecule has 0 spiro atoms. The molecule has 2 aromatic rings. The summed E-state index contributed by atoms with van der Waals surface area (Å²) in [4.78, 5) is 13.0. The molecule has 0 saturated carbocycles. The zero-order valence-corrected chi connectivity index (χ0v) is 12.6. The molecular formula is C17H15F4NO2. The van der Waals surface area contributed by atoms with Crippen LogP contribution >= 0.6 is 0 Å². The highest BCUT2D eigenvalue weighted by Crippen LogP contribution is 2.27. The summed E-state index contributed by atoms with van der Waals surface area (Å²) in [6, 6.07) is 13.2. The number of nitrogens with zero attached hydrogens (tertiary/aromatic N) is 1. The normalized spacial score (nSPS) is 14.2. The van der Waals surface area contributed by atoms with Crippen molar-refractivity contribution >= 4 is 11.6 Å². The van der Waals surface area contributed by atoms with Crippen molar-refractivity contribution in [3.05, 3.63) is 60.4 Å². The number of rotatable bonds is 2. The van der Waals surface area contributed by atoms with Crippen LogP contribution in [-0.4, -0.2) is 18.8 Å². The maximum atomic E-state index is 11.9. The van der Waals surface area contributed by atoms with Gasteiger partial charge in [0, 0.05) is 18.7 Å². The van der Waals surface area contributed by atoms with E-state index < -0.39 is 6.36 Å². The van der Waals surface area contributed by atoms with Crippen molar-refractivity contribution in [2.24, 2.45) is 0 Å². The van der Waals surface area contributed by atoms with Crippen LogP contribution in [0.5, 0.6) is 5.75 Å². The molecule has 0 atom stereocenters. The van der Waals surface area contributed by atoms with E-state index >= 15 is 0 Å². The van der Waals surface area contributed by atoms with Gasteiger partial charge in [0.05, 0.1) is 0 Å². The number of benzene rings is 2. The van der Waals surface area contributed by atoms with Crippen LogP contribution in [0.25, 0.3) is 0 Å². The van der Waals surface area contributed by atoms with Crippen LogP contribution in [0.4, 0.5) is 23.2 Å². The van der Waals surface area contributed by atoms with E-state index in [1.165, 1.54) is 36.4 Å². The van der Waals surface area contributed by atoms with Crippen LogP contribution in [-0.2, 0) is 4.79 Å². The van der Waals surface area contributed by atoms with E-state index in [2.05, 4.69) is 4.74 Å². The number of amides is 1. The monoisotopic (exact) mass is 341 g/mol. The van der Waals surface area contributed by atoms with E-state index in [4.69, 9.17) is 0 Å². The number of ether oxygens (including phenoxy) is 1. The van der Waals surface area contributed by atoms with Gasteiger partial charge in [0.2, 0.25) is 5.91 Å². The largest absolute Gasteiger partial charge is 0.573 e. The lowest BCUT2D eigenvalue weighted by molar-refractivity contribution is -0.274. The molecule has 1 fully saturated rings. The number of hydrogen-bond donors (Lipinski definition) is 0. The lowest BCUT2D eigenvalue weighted by Crippen LogP contribution is -2.23. The maximum absolute atomic E-state index is 11.9. The standard InChI is InChI=1S/C11H10F3NO2.C6H5F/c12-11(13,14)17-9-5-3-8(4-6-9)15-7-1-2-10(15)16;7-6-4-2-1-3-5-6/h3-6H,1-2,7H2;1-5H. The molecule has 1 amide bonds. The second-order valence-corrected chi connectivity index (χ2v) is 4.99. The van der Waals surface area contributed by atoms with Gasteiger partial charge in [0.15, 0.2) is 0 Å². The number of anilines is 1. The van der Waals surface area contributed by atoms with Crippen molar-refractivity contribution in [2.45, 2.75) is 19.2 Å². The maximum Gasteiger partial charge on any atom is 0.573 e. The zero-order chi connectivity index (χ0) is 17.6. The Morgan fingerprint density at radius 1 is 0.958 bits per heavy atom.